The topological polar surface area (TPSA) is 87.9 Å². The normalized spacial score (nSPS) is 18.0. The third-order valence-corrected chi connectivity index (χ3v) is 6.80. The van der Waals surface area contributed by atoms with Crippen LogP contribution in [0.3, 0.4) is 0 Å². The highest BCUT2D eigenvalue weighted by Gasteiger charge is 2.26. The molecule has 2 aliphatic heterocycles. The van der Waals surface area contributed by atoms with E-state index in [1.165, 1.54) is 7.11 Å². The molecule has 2 heterocycles. The summed E-state index contributed by atoms with van der Waals surface area (Å²) in [6.07, 6.45) is 4.20. The monoisotopic (exact) mass is 460 g/mol. The molecule has 0 spiro atoms. The molecule has 0 saturated carbocycles. The van der Waals surface area contributed by atoms with Crippen LogP contribution in [0.25, 0.3) is 0 Å². The van der Waals surface area contributed by atoms with Crippen molar-refractivity contribution in [2.45, 2.75) is 32.6 Å². The average molecular weight is 461 g/mol. The van der Waals surface area contributed by atoms with Gasteiger partial charge in [0.1, 0.15) is 5.75 Å². The first kappa shape index (κ1) is 24.2. The van der Waals surface area contributed by atoms with E-state index in [0.717, 1.165) is 58.4 Å². The maximum Gasteiger partial charge on any atom is 0.298 e. The molecule has 1 aromatic rings. The maximum atomic E-state index is 12.6. The van der Waals surface area contributed by atoms with Gasteiger partial charge in [0.15, 0.2) is 0 Å². The van der Waals surface area contributed by atoms with Crippen molar-refractivity contribution in [2.75, 3.05) is 52.1 Å². The largest absolute Gasteiger partial charge is 0.496 e. The number of benzene rings is 1. The third kappa shape index (κ3) is 6.30. The molecule has 174 valence electrons. The van der Waals surface area contributed by atoms with Gasteiger partial charge in [0, 0.05) is 32.2 Å². The van der Waals surface area contributed by atoms with Gasteiger partial charge in [-0.3, -0.25) is 9.59 Å². The van der Waals surface area contributed by atoms with Crippen molar-refractivity contribution >= 4 is 29.1 Å². The van der Waals surface area contributed by atoms with Gasteiger partial charge in [0.2, 0.25) is 0 Å². The molecule has 0 radical (unpaired) electrons. The zero-order valence-electron chi connectivity index (χ0n) is 19.0. The summed E-state index contributed by atoms with van der Waals surface area (Å²) in [6.45, 7) is 7.11. The van der Waals surface area contributed by atoms with E-state index in [4.69, 9.17) is 22.1 Å². The van der Waals surface area contributed by atoms with Crippen LogP contribution in [-0.4, -0.2) is 68.0 Å². The summed E-state index contributed by atoms with van der Waals surface area (Å²) in [6, 6.07) is 3.13. The molecule has 2 fully saturated rings. The second-order valence-corrected chi connectivity index (χ2v) is 9.05. The van der Waals surface area contributed by atoms with Gasteiger partial charge in [-0.2, -0.15) is 0 Å². The van der Waals surface area contributed by atoms with E-state index in [0.29, 0.717) is 40.4 Å². The predicted molar refractivity (Wildman–Crippen MR) is 127 cm³/mol. The van der Waals surface area contributed by atoms with Gasteiger partial charge < -0.3 is 25.6 Å². The Balaban J connectivity index is 1.39. The summed E-state index contributed by atoms with van der Waals surface area (Å²) in [4.78, 5) is 28.9. The number of nitrogen functional groups attached to an aromatic ring is 1. The first-order chi connectivity index (χ1) is 15.4. The van der Waals surface area contributed by atoms with Crippen molar-refractivity contribution in [3.8, 4) is 17.6 Å². The highest BCUT2D eigenvalue weighted by molar-refractivity contribution is 6.33. The minimum absolute atomic E-state index is 0.0485. The van der Waals surface area contributed by atoms with Crippen LogP contribution < -0.4 is 15.8 Å². The summed E-state index contributed by atoms with van der Waals surface area (Å²) >= 11 is 6.08. The quantitative estimate of drug-likeness (QED) is 0.503. The van der Waals surface area contributed by atoms with E-state index < -0.39 is 0 Å². The highest BCUT2D eigenvalue weighted by atomic mass is 35.5. The zero-order valence-corrected chi connectivity index (χ0v) is 19.7. The predicted octanol–water partition coefficient (Wildman–Crippen LogP) is 2.63. The lowest BCUT2D eigenvalue weighted by molar-refractivity contribution is -0.126. The zero-order chi connectivity index (χ0) is 23.1. The lowest BCUT2D eigenvalue weighted by Crippen LogP contribution is -2.44. The van der Waals surface area contributed by atoms with E-state index in [-0.39, 0.29) is 11.8 Å². The van der Waals surface area contributed by atoms with Gasteiger partial charge in [-0.15, -0.1) is 0 Å². The van der Waals surface area contributed by atoms with Crippen molar-refractivity contribution < 1.29 is 14.3 Å². The Labute approximate surface area is 195 Å². The van der Waals surface area contributed by atoms with Crippen LogP contribution in [0.5, 0.6) is 5.75 Å². The highest BCUT2D eigenvalue weighted by Crippen LogP contribution is 2.29. The summed E-state index contributed by atoms with van der Waals surface area (Å²) in [5, 5.41) is 3.37. The number of hydrogen-bond acceptors (Lipinski definition) is 5. The SMILES string of the molecule is CC#CC(=O)N1CCC(CN2CCC(CNC(=O)c3cc(Cl)c(N)cc3OC)CC2)CC1. The molecule has 32 heavy (non-hydrogen) atoms. The van der Waals surface area contributed by atoms with E-state index >= 15 is 0 Å². The Kier molecular flexibility index (Phi) is 8.66. The maximum absolute atomic E-state index is 12.6. The van der Waals surface area contributed by atoms with Crippen molar-refractivity contribution in [2.24, 2.45) is 11.8 Å². The number of halogens is 1. The van der Waals surface area contributed by atoms with Gasteiger partial charge in [0.25, 0.3) is 11.8 Å². The number of nitrogens with one attached hydrogen (secondary N) is 1. The third-order valence-electron chi connectivity index (χ3n) is 6.47. The molecular formula is C24H33ClN4O3. The Bertz CT molecular complexity index is 879. The van der Waals surface area contributed by atoms with Crippen molar-refractivity contribution in [1.29, 1.82) is 0 Å². The smallest absolute Gasteiger partial charge is 0.298 e. The van der Waals surface area contributed by atoms with Gasteiger partial charge in [-0.25, -0.2) is 0 Å². The standard InChI is InChI=1S/C24H33ClN4O3/c1-3-4-23(30)29-11-7-18(8-12-29)16-28-9-5-17(6-10-28)15-27-24(31)19-13-20(25)21(26)14-22(19)32-2/h13-14,17-18H,5-12,15-16,26H2,1-2H3,(H,27,31). The second-order valence-electron chi connectivity index (χ2n) is 8.64. The number of carbonyl (C=O) groups is 2. The van der Waals surface area contributed by atoms with Crippen LogP contribution in [-0.2, 0) is 4.79 Å². The van der Waals surface area contributed by atoms with Gasteiger partial charge in [0.05, 0.1) is 23.4 Å². The molecule has 3 N–H and O–H groups in total. The van der Waals surface area contributed by atoms with Gasteiger partial charge in [-0.1, -0.05) is 17.5 Å². The lowest BCUT2D eigenvalue weighted by Gasteiger charge is -2.37. The van der Waals surface area contributed by atoms with Crippen molar-refractivity contribution in [3.63, 3.8) is 0 Å². The second kappa shape index (κ2) is 11.4. The molecule has 2 saturated heterocycles. The fourth-order valence-electron chi connectivity index (χ4n) is 4.49. The number of hydrogen-bond donors (Lipinski definition) is 2. The minimum atomic E-state index is -0.194. The van der Waals surface area contributed by atoms with Crippen molar-refractivity contribution in [1.82, 2.24) is 15.1 Å². The molecular weight excluding hydrogens is 428 g/mol. The molecule has 0 atom stereocenters. The number of ether oxygens (including phenoxy) is 1. The Morgan fingerprint density at radius 3 is 2.44 bits per heavy atom. The van der Waals surface area contributed by atoms with E-state index in [1.807, 2.05) is 4.90 Å². The number of likely N-dealkylation sites (tertiary alicyclic amines) is 2. The molecule has 8 heteroatoms. The van der Waals surface area contributed by atoms with Crippen molar-refractivity contribution in [3.05, 3.63) is 22.7 Å². The number of nitrogens with two attached hydrogens (primary N) is 1. The first-order valence-electron chi connectivity index (χ1n) is 11.3. The van der Waals surface area contributed by atoms with Crippen LogP contribution in [0.4, 0.5) is 5.69 Å². The fraction of sp³-hybridized carbons (Fsp3) is 0.583. The lowest BCUT2D eigenvalue weighted by atomic mass is 9.92. The number of nitrogens with zero attached hydrogens (tertiary/aromatic N) is 2. The van der Waals surface area contributed by atoms with Crippen LogP contribution in [0, 0.1) is 23.7 Å². The van der Waals surface area contributed by atoms with Crippen LogP contribution in [0.1, 0.15) is 43.0 Å². The summed E-state index contributed by atoms with van der Waals surface area (Å²) in [5.74, 6) is 6.60. The molecule has 0 unspecified atom stereocenters. The van der Waals surface area contributed by atoms with E-state index in [1.54, 1.807) is 19.1 Å². The molecule has 3 rings (SSSR count). The number of piperidine rings is 2. The number of methoxy groups -OCH3 is 1. The number of carbonyl (C=O) groups excluding carboxylic acids is 2. The summed E-state index contributed by atoms with van der Waals surface area (Å²) < 4.78 is 5.28. The first-order valence-corrected chi connectivity index (χ1v) is 11.6. The summed E-state index contributed by atoms with van der Waals surface area (Å²) in [7, 11) is 1.51. The Hall–Kier alpha value is -2.43. The van der Waals surface area contributed by atoms with Crippen LogP contribution in [0.15, 0.2) is 12.1 Å². The molecule has 2 aliphatic rings. The molecule has 0 aromatic heterocycles. The van der Waals surface area contributed by atoms with Crippen LogP contribution >= 0.6 is 11.6 Å². The molecule has 7 nitrogen and oxygen atoms in total. The number of amides is 2. The number of rotatable bonds is 6. The van der Waals surface area contributed by atoms with Gasteiger partial charge in [-0.05, 0) is 69.5 Å². The molecule has 2 amide bonds. The molecule has 0 bridgehead atoms. The Morgan fingerprint density at radius 2 is 1.81 bits per heavy atom. The van der Waals surface area contributed by atoms with E-state index in [2.05, 4.69) is 22.1 Å². The fourth-order valence-corrected chi connectivity index (χ4v) is 4.65. The molecule has 0 aliphatic carbocycles. The van der Waals surface area contributed by atoms with Crippen LogP contribution in [0.2, 0.25) is 5.02 Å². The Morgan fingerprint density at radius 1 is 1.16 bits per heavy atom. The average Bonchev–Trinajstić information content (AvgIpc) is 2.80. The summed E-state index contributed by atoms with van der Waals surface area (Å²) in [5.41, 5.74) is 6.59. The molecule has 1 aromatic carbocycles. The number of anilines is 1. The minimum Gasteiger partial charge on any atom is -0.496 e. The van der Waals surface area contributed by atoms with Gasteiger partial charge >= 0.3 is 0 Å². The van der Waals surface area contributed by atoms with E-state index in [9.17, 15) is 9.59 Å².